The van der Waals surface area contributed by atoms with E-state index in [0.717, 1.165) is 50.9 Å². The summed E-state index contributed by atoms with van der Waals surface area (Å²) in [4.78, 5) is 28.0. The summed E-state index contributed by atoms with van der Waals surface area (Å²) < 4.78 is 0. The molecule has 4 rings (SSSR count). The van der Waals surface area contributed by atoms with Crippen LogP contribution in [0.1, 0.15) is 61.0 Å². The van der Waals surface area contributed by atoms with Crippen LogP contribution < -0.4 is 15.5 Å². The van der Waals surface area contributed by atoms with Gasteiger partial charge in [0.15, 0.2) is 0 Å². The van der Waals surface area contributed by atoms with Gasteiger partial charge >= 0.3 is 0 Å². The standard InChI is InChI=1S/C26H33N3O2/c1-18(2)16-27-26(31)23-15-22(28-25(30)20-8-4-5-9-20)11-12-24(23)29-14-13-19-7-3-6-10-21(19)17-29/h3,6-7,10-12,15,18,20H,4-5,8-9,13-14,16-17H2,1-2H3,(H,27,31)(H,28,30). The number of hydrogen-bond acceptors (Lipinski definition) is 3. The number of carbonyl (C=O) groups excluding carboxylic acids is 2. The molecule has 1 fully saturated rings. The number of fused-ring (bicyclic) bond motifs is 1. The summed E-state index contributed by atoms with van der Waals surface area (Å²) in [5, 5.41) is 6.11. The van der Waals surface area contributed by atoms with E-state index in [-0.39, 0.29) is 17.7 Å². The van der Waals surface area contributed by atoms with Crippen molar-refractivity contribution in [1.82, 2.24) is 5.32 Å². The molecule has 0 atom stereocenters. The van der Waals surface area contributed by atoms with Gasteiger partial charge in [-0.1, -0.05) is 51.0 Å². The van der Waals surface area contributed by atoms with E-state index in [0.29, 0.717) is 23.7 Å². The van der Waals surface area contributed by atoms with Crippen molar-refractivity contribution in [3.63, 3.8) is 0 Å². The molecule has 0 radical (unpaired) electrons. The number of hydrogen-bond donors (Lipinski definition) is 2. The lowest BCUT2D eigenvalue weighted by Crippen LogP contribution is -2.34. The Kier molecular flexibility index (Phi) is 6.59. The predicted octanol–water partition coefficient (Wildman–Crippen LogP) is 4.76. The molecule has 0 aromatic heterocycles. The number of anilines is 2. The topological polar surface area (TPSA) is 61.4 Å². The summed E-state index contributed by atoms with van der Waals surface area (Å²) >= 11 is 0. The van der Waals surface area contributed by atoms with Crippen molar-refractivity contribution < 1.29 is 9.59 Å². The van der Waals surface area contributed by atoms with Gasteiger partial charge in [0.1, 0.15) is 0 Å². The summed E-state index contributed by atoms with van der Waals surface area (Å²) in [6.07, 6.45) is 5.12. The van der Waals surface area contributed by atoms with Crippen LogP contribution in [0.5, 0.6) is 0 Å². The first kappa shape index (κ1) is 21.4. The highest BCUT2D eigenvalue weighted by atomic mass is 16.2. The lowest BCUT2D eigenvalue weighted by atomic mass is 9.98. The molecule has 0 bridgehead atoms. The molecule has 1 aliphatic heterocycles. The SMILES string of the molecule is CC(C)CNC(=O)c1cc(NC(=O)C2CCCC2)ccc1N1CCc2ccccc2C1. The predicted molar refractivity (Wildman–Crippen MR) is 125 cm³/mol. The average molecular weight is 420 g/mol. The van der Waals surface area contributed by atoms with E-state index in [4.69, 9.17) is 0 Å². The molecule has 31 heavy (non-hydrogen) atoms. The Balaban J connectivity index is 1.59. The van der Waals surface area contributed by atoms with Crippen LogP contribution in [-0.2, 0) is 17.8 Å². The van der Waals surface area contributed by atoms with Gasteiger partial charge in [-0.3, -0.25) is 9.59 Å². The Morgan fingerprint density at radius 3 is 2.55 bits per heavy atom. The van der Waals surface area contributed by atoms with Gasteiger partial charge in [0.05, 0.1) is 5.56 Å². The van der Waals surface area contributed by atoms with Crippen molar-refractivity contribution in [3.8, 4) is 0 Å². The van der Waals surface area contributed by atoms with Crippen LogP contribution in [0, 0.1) is 11.8 Å². The molecule has 1 saturated carbocycles. The monoisotopic (exact) mass is 419 g/mol. The largest absolute Gasteiger partial charge is 0.366 e. The van der Waals surface area contributed by atoms with E-state index in [1.54, 1.807) is 0 Å². The Hall–Kier alpha value is -2.82. The maximum atomic E-state index is 13.1. The second-order valence-electron chi connectivity index (χ2n) is 9.25. The van der Waals surface area contributed by atoms with E-state index in [2.05, 4.69) is 53.6 Å². The van der Waals surface area contributed by atoms with Crippen LogP contribution in [0.2, 0.25) is 0 Å². The Morgan fingerprint density at radius 1 is 1.06 bits per heavy atom. The minimum absolute atomic E-state index is 0.0747. The molecule has 164 valence electrons. The third-order valence-electron chi connectivity index (χ3n) is 6.38. The molecular weight excluding hydrogens is 386 g/mol. The molecular formula is C26H33N3O2. The summed E-state index contributed by atoms with van der Waals surface area (Å²) in [7, 11) is 0. The van der Waals surface area contributed by atoms with Gasteiger partial charge in [0.25, 0.3) is 5.91 Å². The van der Waals surface area contributed by atoms with E-state index in [1.165, 1.54) is 11.1 Å². The Bertz CT molecular complexity index is 947. The number of benzene rings is 2. The van der Waals surface area contributed by atoms with Crippen molar-refractivity contribution in [2.24, 2.45) is 11.8 Å². The smallest absolute Gasteiger partial charge is 0.253 e. The normalized spacial score (nSPS) is 16.3. The summed E-state index contributed by atoms with van der Waals surface area (Å²) in [5.74, 6) is 0.459. The third kappa shape index (κ3) is 5.09. The number of amides is 2. The van der Waals surface area contributed by atoms with E-state index >= 15 is 0 Å². The first-order chi connectivity index (χ1) is 15.0. The van der Waals surface area contributed by atoms with E-state index in [9.17, 15) is 9.59 Å². The zero-order valence-electron chi connectivity index (χ0n) is 18.6. The van der Waals surface area contributed by atoms with Gasteiger partial charge < -0.3 is 15.5 Å². The van der Waals surface area contributed by atoms with Crippen LogP contribution in [0.15, 0.2) is 42.5 Å². The number of rotatable bonds is 6. The zero-order chi connectivity index (χ0) is 21.8. The maximum Gasteiger partial charge on any atom is 0.253 e. The molecule has 0 saturated heterocycles. The average Bonchev–Trinajstić information content (AvgIpc) is 3.32. The Labute approximate surface area is 185 Å². The van der Waals surface area contributed by atoms with Crippen LogP contribution in [0.4, 0.5) is 11.4 Å². The molecule has 2 aromatic rings. The first-order valence-electron chi connectivity index (χ1n) is 11.6. The van der Waals surface area contributed by atoms with Crippen molar-refractivity contribution in [2.45, 2.75) is 52.5 Å². The first-order valence-corrected chi connectivity index (χ1v) is 11.6. The molecule has 5 nitrogen and oxygen atoms in total. The lowest BCUT2D eigenvalue weighted by molar-refractivity contribution is -0.119. The zero-order valence-corrected chi connectivity index (χ0v) is 18.6. The summed E-state index contributed by atoms with van der Waals surface area (Å²) in [6.45, 7) is 6.45. The van der Waals surface area contributed by atoms with Gasteiger partial charge in [-0.15, -0.1) is 0 Å². The van der Waals surface area contributed by atoms with E-state index < -0.39 is 0 Å². The van der Waals surface area contributed by atoms with Crippen LogP contribution in [0.3, 0.4) is 0 Å². The second kappa shape index (κ2) is 9.54. The highest BCUT2D eigenvalue weighted by molar-refractivity contribution is 6.02. The molecule has 0 unspecified atom stereocenters. The van der Waals surface area contributed by atoms with Crippen LogP contribution in [-0.4, -0.2) is 24.9 Å². The molecule has 1 heterocycles. The van der Waals surface area contributed by atoms with Crippen LogP contribution in [0.25, 0.3) is 0 Å². The fourth-order valence-corrected chi connectivity index (χ4v) is 4.60. The molecule has 2 aliphatic rings. The molecule has 2 aromatic carbocycles. The Morgan fingerprint density at radius 2 is 1.81 bits per heavy atom. The molecule has 2 N–H and O–H groups in total. The van der Waals surface area contributed by atoms with E-state index in [1.807, 2.05) is 18.2 Å². The fourth-order valence-electron chi connectivity index (χ4n) is 4.60. The van der Waals surface area contributed by atoms with Crippen molar-refractivity contribution in [3.05, 3.63) is 59.2 Å². The van der Waals surface area contributed by atoms with Gasteiger partial charge in [-0.25, -0.2) is 0 Å². The quantitative estimate of drug-likeness (QED) is 0.709. The minimum Gasteiger partial charge on any atom is -0.366 e. The number of nitrogens with one attached hydrogen (secondary N) is 2. The highest BCUT2D eigenvalue weighted by Crippen LogP contribution is 2.31. The van der Waals surface area contributed by atoms with Gasteiger partial charge in [0.2, 0.25) is 5.91 Å². The second-order valence-corrected chi connectivity index (χ2v) is 9.25. The third-order valence-corrected chi connectivity index (χ3v) is 6.38. The number of carbonyl (C=O) groups is 2. The molecule has 5 heteroatoms. The van der Waals surface area contributed by atoms with Gasteiger partial charge in [0, 0.05) is 36.9 Å². The summed E-state index contributed by atoms with van der Waals surface area (Å²) in [6, 6.07) is 14.3. The lowest BCUT2D eigenvalue weighted by Gasteiger charge is -2.32. The molecule has 2 amide bonds. The van der Waals surface area contributed by atoms with Gasteiger partial charge in [-0.2, -0.15) is 0 Å². The van der Waals surface area contributed by atoms with Crippen molar-refractivity contribution in [1.29, 1.82) is 0 Å². The maximum absolute atomic E-state index is 13.1. The van der Waals surface area contributed by atoms with Crippen molar-refractivity contribution in [2.75, 3.05) is 23.3 Å². The van der Waals surface area contributed by atoms with Crippen molar-refractivity contribution >= 4 is 23.2 Å². The summed E-state index contributed by atoms with van der Waals surface area (Å²) in [5.41, 5.74) is 4.94. The fraction of sp³-hybridized carbons (Fsp3) is 0.462. The van der Waals surface area contributed by atoms with Crippen LogP contribution >= 0.6 is 0 Å². The van der Waals surface area contributed by atoms with Gasteiger partial charge in [-0.05, 0) is 54.5 Å². The number of nitrogens with zero attached hydrogens (tertiary/aromatic N) is 1. The minimum atomic E-state index is -0.0838. The molecule has 1 aliphatic carbocycles. The molecule has 0 spiro atoms. The highest BCUT2D eigenvalue weighted by Gasteiger charge is 2.25.